The van der Waals surface area contributed by atoms with Gasteiger partial charge in [-0.3, -0.25) is 0 Å². The van der Waals surface area contributed by atoms with Crippen molar-refractivity contribution in [3.8, 4) is 0 Å². The van der Waals surface area contributed by atoms with Gasteiger partial charge < -0.3 is 10.3 Å². The van der Waals surface area contributed by atoms with Gasteiger partial charge in [0.1, 0.15) is 11.6 Å². The maximum atomic E-state index is 5.63. The van der Waals surface area contributed by atoms with Gasteiger partial charge >= 0.3 is 0 Å². The van der Waals surface area contributed by atoms with Crippen LogP contribution in [0.3, 0.4) is 0 Å². The van der Waals surface area contributed by atoms with Crippen LogP contribution in [-0.2, 0) is 19.5 Å². The van der Waals surface area contributed by atoms with E-state index in [-0.39, 0.29) is 0 Å². The Morgan fingerprint density at radius 3 is 2.56 bits per heavy atom. The summed E-state index contributed by atoms with van der Waals surface area (Å²) in [5.41, 5.74) is 5.63. The van der Waals surface area contributed by atoms with Crippen molar-refractivity contribution in [3.05, 3.63) is 11.6 Å². The Bertz CT molecular complexity index is 326. The third-order valence-corrected chi connectivity index (χ3v) is 3.65. The second-order valence-corrected chi connectivity index (χ2v) is 4.67. The average Bonchev–Trinajstić information content (AvgIpc) is 2.94. The van der Waals surface area contributed by atoms with Crippen LogP contribution in [0.1, 0.15) is 50.7 Å². The van der Waals surface area contributed by atoms with Crippen LogP contribution in [0.2, 0.25) is 0 Å². The molecule has 1 heterocycles. The highest BCUT2D eigenvalue weighted by Gasteiger charge is 2.16. The summed E-state index contributed by atoms with van der Waals surface area (Å²) in [5, 5.41) is 8.39. The van der Waals surface area contributed by atoms with E-state index >= 15 is 0 Å². The summed E-state index contributed by atoms with van der Waals surface area (Å²) in [6.07, 6.45) is 7.97. The molecule has 4 nitrogen and oxygen atoms in total. The molecule has 2 rings (SSSR count). The Balaban J connectivity index is 1.94. The molecule has 1 aliphatic carbocycles. The zero-order chi connectivity index (χ0) is 11.4. The second-order valence-electron chi connectivity index (χ2n) is 4.67. The van der Waals surface area contributed by atoms with E-state index in [9.17, 15) is 0 Å². The second kappa shape index (κ2) is 5.43. The first kappa shape index (κ1) is 11.6. The summed E-state index contributed by atoms with van der Waals surface area (Å²) in [6, 6.07) is 0. The molecule has 1 aromatic rings. The van der Waals surface area contributed by atoms with Crippen LogP contribution in [0, 0.1) is 5.92 Å². The highest BCUT2D eigenvalue weighted by atomic mass is 15.3. The van der Waals surface area contributed by atoms with E-state index in [1.165, 1.54) is 32.1 Å². The van der Waals surface area contributed by atoms with E-state index in [0.29, 0.717) is 6.54 Å². The SMILES string of the molecule is CCn1c(CN)nnc1CCC1CCCC1. The molecule has 1 fully saturated rings. The van der Waals surface area contributed by atoms with E-state index in [1.54, 1.807) is 0 Å². The predicted molar refractivity (Wildman–Crippen MR) is 63.9 cm³/mol. The number of hydrogen-bond acceptors (Lipinski definition) is 3. The van der Waals surface area contributed by atoms with Crippen LogP contribution in [0.25, 0.3) is 0 Å². The first-order valence-corrected chi connectivity index (χ1v) is 6.46. The number of nitrogens with zero attached hydrogens (tertiary/aromatic N) is 3. The van der Waals surface area contributed by atoms with Crippen molar-refractivity contribution in [2.45, 2.75) is 58.5 Å². The van der Waals surface area contributed by atoms with Crippen molar-refractivity contribution in [2.24, 2.45) is 11.7 Å². The number of nitrogens with two attached hydrogens (primary N) is 1. The lowest BCUT2D eigenvalue weighted by Gasteiger charge is -2.09. The summed E-state index contributed by atoms with van der Waals surface area (Å²) in [4.78, 5) is 0. The van der Waals surface area contributed by atoms with E-state index in [1.807, 2.05) is 0 Å². The molecule has 4 heteroatoms. The molecular weight excluding hydrogens is 200 g/mol. The average molecular weight is 222 g/mol. The number of rotatable bonds is 5. The number of aryl methyl sites for hydroxylation is 1. The van der Waals surface area contributed by atoms with Gasteiger partial charge in [0.2, 0.25) is 0 Å². The normalized spacial score (nSPS) is 17.1. The van der Waals surface area contributed by atoms with Crippen LogP contribution in [-0.4, -0.2) is 14.8 Å². The Kier molecular flexibility index (Phi) is 3.93. The summed E-state index contributed by atoms with van der Waals surface area (Å²) >= 11 is 0. The summed E-state index contributed by atoms with van der Waals surface area (Å²) < 4.78 is 2.16. The minimum atomic E-state index is 0.490. The molecule has 0 radical (unpaired) electrons. The van der Waals surface area contributed by atoms with Crippen molar-refractivity contribution < 1.29 is 0 Å². The van der Waals surface area contributed by atoms with E-state index in [4.69, 9.17) is 5.73 Å². The molecule has 0 amide bonds. The lowest BCUT2D eigenvalue weighted by molar-refractivity contribution is 0.488. The molecule has 0 saturated heterocycles. The highest BCUT2D eigenvalue weighted by molar-refractivity contribution is 4.96. The van der Waals surface area contributed by atoms with Gasteiger partial charge in [-0.05, 0) is 19.3 Å². The van der Waals surface area contributed by atoms with E-state index < -0.39 is 0 Å². The molecule has 2 N–H and O–H groups in total. The van der Waals surface area contributed by atoms with Crippen LogP contribution in [0.5, 0.6) is 0 Å². The lowest BCUT2D eigenvalue weighted by atomic mass is 10.0. The first-order valence-electron chi connectivity index (χ1n) is 6.46. The van der Waals surface area contributed by atoms with Crippen molar-refractivity contribution in [1.29, 1.82) is 0 Å². The van der Waals surface area contributed by atoms with Gasteiger partial charge in [-0.15, -0.1) is 10.2 Å². The maximum Gasteiger partial charge on any atom is 0.146 e. The van der Waals surface area contributed by atoms with Crippen LogP contribution >= 0.6 is 0 Å². The first-order chi connectivity index (χ1) is 7.85. The molecule has 90 valence electrons. The predicted octanol–water partition coefficient (Wildman–Crippen LogP) is 1.88. The Hall–Kier alpha value is -0.900. The summed E-state index contributed by atoms with van der Waals surface area (Å²) in [7, 11) is 0. The fourth-order valence-electron chi connectivity index (χ4n) is 2.71. The third-order valence-electron chi connectivity index (χ3n) is 3.65. The molecule has 1 saturated carbocycles. The van der Waals surface area contributed by atoms with Gasteiger partial charge in [0.15, 0.2) is 0 Å². The summed E-state index contributed by atoms with van der Waals surface area (Å²) in [6.45, 7) is 3.55. The minimum absolute atomic E-state index is 0.490. The molecular formula is C12H22N4. The molecule has 0 unspecified atom stereocenters. The monoisotopic (exact) mass is 222 g/mol. The van der Waals surface area contributed by atoms with Crippen LogP contribution < -0.4 is 5.73 Å². The largest absolute Gasteiger partial charge is 0.324 e. The fraction of sp³-hybridized carbons (Fsp3) is 0.833. The quantitative estimate of drug-likeness (QED) is 0.827. The van der Waals surface area contributed by atoms with Crippen molar-refractivity contribution >= 4 is 0 Å². The Morgan fingerprint density at radius 2 is 1.94 bits per heavy atom. The Labute approximate surface area is 97.2 Å². The molecule has 16 heavy (non-hydrogen) atoms. The van der Waals surface area contributed by atoms with Gasteiger partial charge in [-0.25, -0.2) is 0 Å². The molecule has 1 aliphatic rings. The maximum absolute atomic E-state index is 5.63. The number of hydrogen-bond donors (Lipinski definition) is 1. The molecule has 0 bridgehead atoms. The molecule has 0 aromatic carbocycles. The highest BCUT2D eigenvalue weighted by Crippen LogP contribution is 2.28. The van der Waals surface area contributed by atoms with Crippen LogP contribution in [0.4, 0.5) is 0 Å². The van der Waals surface area contributed by atoms with Crippen molar-refractivity contribution in [1.82, 2.24) is 14.8 Å². The van der Waals surface area contributed by atoms with Crippen molar-refractivity contribution in [2.75, 3.05) is 0 Å². The van der Waals surface area contributed by atoms with Gasteiger partial charge in [0.05, 0.1) is 6.54 Å². The zero-order valence-electron chi connectivity index (χ0n) is 10.2. The standard InChI is InChI=1S/C12H22N4/c1-2-16-11(14-15-12(16)9-13)8-7-10-5-3-4-6-10/h10H,2-9,13H2,1H3. The Morgan fingerprint density at radius 1 is 1.25 bits per heavy atom. The molecule has 0 aliphatic heterocycles. The zero-order valence-corrected chi connectivity index (χ0v) is 10.2. The van der Waals surface area contributed by atoms with Gasteiger partial charge in [0, 0.05) is 13.0 Å². The van der Waals surface area contributed by atoms with E-state index in [0.717, 1.165) is 30.5 Å². The minimum Gasteiger partial charge on any atom is -0.324 e. The third kappa shape index (κ3) is 2.43. The smallest absolute Gasteiger partial charge is 0.146 e. The lowest BCUT2D eigenvalue weighted by Crippen LogP contribution is -2.10. The van der Waals surface area contributed by atoms with Crippen molar-refractivity contribution in [3.63, 3.8) is 0 Å². The summed E-state index contributed by atoms with van der Waals surface area (Å²) in [5.74, 6) is 2.96. The topological polar surface area (TPSA) is 56.7 Å². The molecule has 1 aromatic heterocycles. The fourth-order valence-corrected chi connectivity index (χ4v) is 2.71. The van der Waals surface area contributed by atoms with Gasteiger partial charge in [-0.1, -0.05) is 25.7 Å². The van der Waals surface area contributed by atoms with E-state index in [2.05, 4.69) is 21.7 Å². The van der Waals surface area contributed by atoms with Gasteiger partial charge in [-0.2, -0.15) is 0 Å². The molecule has 0 spiro atoms. The number of aromatic nitrogens is 3. The van der Waals surface area contributed by atoms with Gasteiger partial charge in [0.25, 0.3) is 0 Å². The molecule has 0 atom stereocenters. The van der Waals surface area contributed by atoms with Crippen LogP contribution in [0.15, 0.2) is 0 Å².